The maximum absolute atomic E-state index is 5.81. The van der Waals surface area contributed by atoms with E-state index >= 15 is 0 Å². The predicted molar refractivity (Wildman–Crippen MR) is 72.9 cm³/mol. The van der Waals surface area contributed by atoms with E-state index in [1.54, 1.807) is 0 Å². The van der Waals surface area contributed by atoms with E-state index in [0.717, 1.165) is 0 Å². The molecule has 9 heteroatoms. The van der Waals surface area contributed by atoms with Crippen LogP contribution in [0.4, 0.5) is 0 Å². The third-order valence-electron chi connectivity index (χ3n) is 1.35. The monoisotopic (exact) mass is 418 g/mol. The van der Waals surface area contributed by atoms with Crippen LogP contribution in [0.5, 0.6) is 0 Å². The maximum atomic E-state index is 5.81. The zero-order valence-corrected chi connectivity index (χ0v) is 15.8. The Labute approximate surface area is 119 Å². The molecule has 0 aliphatic carbocycles. The predicted octanol–water partition coefficient (Wildman–Crippen LogP) is 2.84. The summed E-state index contributed by atoms with van der Waals surface area (Å²) in [5.41, 5.74) is 0. The van der Waals surface area contributed by atoms with Gasteiger partial charge in [0.25, 0.3) is 0 Å². The molecule has 0 saturated heterocycles. The molecule has 0 aromatic rings. The quantitative estimate of drug-likeness (QED) is 0.405. The molecule has 0 atom stereocenters. The SMILES string of the molecule is CCOP(=[Se])(OCC)OP(=[Se])(OCC)OCC. The van der Waals surface area contributed by atoms with Crippen molar-refractivity contribution < 1.29 is 22.4 Å². The molecule has 104 valence electrons. The molecule has 0 saturated carbocycles. The molecule has 5 nitrogen and oxygen atoms in total. The van der Waals surface area contributed by atoms with Crippen LogP contribution in [0.3, 0.4) is 0 Å². The number of rotatable bonds is 10. The van der Waals surface area contributed by atoms with Crippen molar-refractivity contribution in [2.75, 3.05) is 26.4 Å². The second-order valence-corrected chi connectivity index (χ2v) is 11.8. The normalized spacial score (nSPS) is 12.9. The molecule has 0 spiro atoms. The second-order valence-electron chi connectivity index (χ2n) is 2.65. The van der Waals surface area contributed by atoms with Crippen LogP contribution < -0.4 is 0 Å². The Morgan fingerprint density at radius 1 is 0.647 bits per heavy atom. The Hall–Kier alpha value is 1.70. The van der Waals surface area contributed by atoms with Crippen molar-refractivity contribution in [3.63, 3.8) is 0 Å². The summed E-state index contributed by atoms with van der Waals surface area (Å²) in [6.07, 6.45) is -5.01. The van der Waals surface area contributed by atoms with Crippen molar-refractivity contribution in [3.05, 3.63) is 0 Å². The van der Waals surface area contributed by atoms with Gasteiger partial charge in [-0.15, -0.1) is 0 Å². The van der Waals surface area contributed by atoms with Gasteiger partial charge in [-0.3, -0.25) is 0 Å². The first-order valence-electron chi connectivity index (χ1n) is 5.44. The van der Waals surface area contributed by atoms with E-state index in [4.69, 9.17) is 22.4 Å². The third kappa shape index (κ3) is 7.77. The minimum absolute atomic E-state index is 0.499. The van der Waals surface area contributed by atoms with Gasteiger partial charge in [0.15, 0.2) is 0 Å². The average Bonchev–Trinajstić information content (AvgIpc) is 2.17. The van der Waals surface area contributed by atoms with Crippen molar-refractivity contribution in [1.29, 1.82) is 0 Å². The van der Waals surface area contributed by atoms with Gasteiger partial charge in [-0.2, -0.15) is 0 Å². The molecule has 0 fully saturated rings. The molecule has 0 radical (unpaired) electrons. The van der Waals surface area contributed by atoms with Gasteiger partial charge in [0.1, 0.15) is 0 Å². The van der Waals surface area contributed by atoms with Gasteiger partial charge in [-0.05, 0) is 0 Å². The van der Waals surface area contributed by atoms with E-state index in [-0.39, 0.29) is 0 Å². The van der Waals surface area contributed by atoms with E-state index in [1.807, 2.05) is 27.7 Å². The molecule has 17 heavy (non-hydrogen) atoms. The van der Waals surface area contributed by atoms with Crippen molar-refractivity contribution in [3.8, 4) is 0 Å². The van der Waals surface area contributed by atoms with Gasteiger partial charge in [0, 0.05) is 0 Å². The zero-order valence-electron chi connectivity index (χ0n) is 10.6. The molecule has 0 heterocycles. The van der Waals surface area contributed by atoms with Gasteiger partial charge < -0.3 is 0 Å². The van der Waals surface area contributed by atoms with E-state index in [2.05, 4.69) is 30.2 Å². The summed E-state index contributed by atoms with van der Waals surface area (Å²) in [7, 11) is 0. The fourth-order valence-electron chi connectivity index (χ4n) is 0.924. The van der Waals surface area contributed by atoms with Crippen LogP contribution in [0.25, 0.3) is 0 Å². The molecule has 0 unspecified atom stereocenters. The van der Waals surface area contributed by atoms with E-state index in [0.29, 0.717) is 26.4 Å². The Balaban J connectivity index is 4.79. The summed E-state index contributed by atoms with van der Waals surface area (Å²) in [6.45, 7) is 9.53. The summed E-state index contributed by atoms with van der Waals surface area (Å²) in [5.74, 6) is 0. The summed E-state index contributed by atoms with van der Waals surface area (Å²) >= 11 is 5.71. The van der Waals surface area contributed by atoms with Crippen molar-refractivity contribution in [1.82, 2.24) is 0 Å². The first-order chi connectivity index (χ1) is 7.95. The molecule has 0 aromatic carbocycles. The van der Waals surface area contributed by atoms with Gasteiger partial charge >= 0.3 is 119 Å². The van der Waals surface area contributed by atoms with Crippen molar-refractivity contribution in [2.24, 2.45) is 0 Å². The van der Waals surface area contributed by atoms with Crippen LogP contribution in [0.15, 0.2) is 0 Å². The summed E-state index contributed by atoms with van der Waals surface area (Å²) in [5, 5.41) is 0. The standard InChI is InChI=1S/C8H20O5P2Se2/c1-5-9-14(16,10-6-2)13-15(17,11-7-3)12-8-4/h5-8H2,1-4H3. The fraction of sp³-hybridized carbons (Fsp3) is 1.00. The van der Waals surface area contributed by atoms with Crippen LogP contribution in [0, 0.1) is 0 Å². The molecule has 0 N–H and O–H groups in total. The van der Waals surface area contributed by atoms with Crippen LogP contribution in [0.2, 0.25) is 0 Å². The van der Waals surface area contributed by atoms with Gasteiger partial charge in [0.2, 0.25) is 0 Å². The summed E-state index contributed by atoms with van der Waals surface area (Å²) in [4.78, 5) is 0. The van der Waals surface area contributed by atoms with E-state index in [9.17, 15) is 0 Å². The van der Waals surface area contributed by atoms with Crippen LogP contribution >= 0.6 is 12.4 Å². The number of hydrogen-bond donors (Lipinski definition) is 0. The Morgan fingerprint density at radius 2 is 0.882 bits per heavy atom. The van der Waals surface area contributed by atoms with Crippen LogP contribution in [0.1, 0.15) is 27.7 Å². The zero-order chi connectivity index (χ0) is 13.4. The molecule has 0 aliphatic rings. The van der Waals surface area contributed by atoms with E-state index in [1.165, 1.54) is 0 Å². The molecule has 0 bridgehead atoms. The molecular formula is C8H20O5P2Se2. The van der Waals surface area contributed by atoms with Crippen LogP contribution in [-0.4, -0.2) is 56.6 Å². The van der Waals surface area contributed by atoms with Crippen molar-refractivity contribution in [2.45, 2.75) is 27.7 Å². The molecule has 0 rings (SSSR count). The molecule has 0 amide bonds. The molecule has 0 aromatic heterocycles. The second kappa shape index (κ2) is 9.58. The third-order valence-corrected chi connectivity index (χ3v) is 10.4. The van der Waals surface area contributed by atoms with Crippen LogP contribution in [-0.2, 0) is 22.4 Å². The average molecular weight is 416 g/mol. The van der Waals surface area contributed by atoms with Crippen molar-refractivity contribution >= 4 is 42.6 Å². The summed E-state index contributed by atoms with van der Waals surface area (Å²) < 4.78 is 27.9. The first kappa shape index (κ1) is 18.7. The Morgan fingerprint density at radius 3 is 1.06 bits per heavy atom. The Bertz CT molecular complexity index is 252. The first-order valence-corrected chi connectivity index (χ1v) is 13.0. The number of hydrogen-bond acceptors (Lipinski definition) is 5. The molecular weight excluding hydrogens is 396 g/mol. The summed E-state index contributed by atoms with van der Waals surface area (Å²) in [6, 6.07) is 0. The Kier molecular flexibility index (Phi) is 10.5. The fourth-order valence-corrected chi connectivity index (χ4v) is 12.0. The minimum atomic E-state index is -2.51. The van der Waals surface area contributed by atoms with Gasteiger partial charge in [-0.25, -0.2) is 0 Å². The molecule has 0 aliphatic heterocycles. The van der Waals surface area contributed by atoms with E-state index < -0.39 is 12.4 Å². The van der Waals surface area contributed by atoms with Gasteiger partial charge in [0.05, 0.1) is 0 Å². The van der Waals surface area contributed by atoms with Gasteiger partial charge in [-0.1, -0.05) is 0 Å². The topological polar surface area (TPSA) is 46.2 Å².